The van der Waals surface area contributed by atoms with Crippen molar-refractivity contribution in [1.29, 1.82) is 0 Å². The van der Waals surface area contributed by atoms with Gasteiger partial charge in [0.1, 0.15) is 12.3 Å². The molecule has 0 amide bonds. The van der Waals surface area contributed by atoms with Crippen molar-refractivity contribution in [3.8, 4) is 0 Å². The van der Waals surface area contributed by atoms with Crippen LogP contribution >= 0.6 is 0 Å². The first-order valence-corrected chi connectivity index (χ1v) is 5.26. The topological polar surface area (TPSA) is 103 Å². The first-order chi connectivity index (χ1) is 8.70. The van der Waals surface area contributed by atoms with E-state index < -0.39 is 5.97 Å². The molecule has 96 valence electrons. The van der Waals surface area contributed by atoms with Crippen molar-refractivity contribution in [2.45, 2.75) is 13.0 Å². The van der Waals surface area contributed by atoms with E-state index >= 15 is 0 Å². The molecular weight excluding hydrogens is 240 g/mol. The van der Waals surface area contributed by atoms with Gasteiger partial charge in [0, 0.05) is 13.5 Å². The van der Waals surface area contributed by atoms with E-state index in [9.17, 15) is 4.79 Å². The number of furan rings is 1. The molecule has 0 saturated heterocycles. The van der Waals surface area contributed by atoms with E-state index in [0.29, 0.717) is 31.2 Å². The van der Waals surface area contributed by atoms with E-state index in [4.69, 9.17) is 14.3 Å². The standard InChI is InChI=1S/C10H12N4O4/c1-17-5-4-9-11-12-13-14(9)6-7-2-3-8(18-7)10(15)16/h2-3H,4-6H2,1H3,(H,15,16). The molecule has 2 aromatic rings. The summed E-state index contributed by atoms with van der Waals surface area (Å²) >= 11 is 0. The summed E-state index contributed by atoms with van der Waals surface area (Å²) in [5.74, 6) is -0.0578. The number of tetrazole rings is 1. The van der Waals surface area contributed by atoms with Crippen LogP contribution in [0.4, 0.5) is 0 Å². The number of carbonyl (C=O) groups is 1. The van der Waals surface area contributed by atoms with Crippen molar-refractivity contribution < 1.29 is 19.1 Å². The number of aromatic nitrogens is 4. The van der Waals surface area contributed by atoms with Gasteiger partial charge in [-0.25, -0.2) is 9.48 Å². The molecule has 0 aliphatic rings. The summed E-state index contributed by atoms with van der Waals surface area (Å²) in [6.07, 6.45) is 0.579. The third-order valence-electron chi connectivity index (χ3n) is 2.31. The summed E-state index contributed by atoms with van der Waals surface area (Å²) in [4.78, 5) is 10.7. The fourth-order valence-corrected chi connectivity index (χ4v) is 1.44. The van der Waals surface area contributed by atoms with Gasteiger partial charge >= 0.3 is 5.97 Å². The minimum Gasteiger partial charge on any atom is -0.475 e. The summed E-state index contributed by atoms with van der Waals surface area (Å²) in [5.41, 5.74) is 0. The van der Waals surface area contributed by atoms with Crippen LogP contribution in [0.25, 0.3) is 0 Å². The van der Waals surface area contributed by atoms with Gasteiger partial charge in [-0.05, 0) is 22.6 Å². The molecule has 0 unspecified atom stereocenters. The van der Waals surface area contributed by atoms with Crippen molar-refractivity contribution in [2.24, 2.45) is 0 Å². The third-order valence-corrected chi connectivity index (χ3v) is 2.31. The second kappa shape index (κ2) is 5.41. The molecule has 0 aromatic carbocycles. The average Bonchev–Trinajstić information content (AvgIpc) is 2.96. The van der Waals surface area contributed by atoms with Gasteiger partial charge in [0.05, 0.1) is 6.61 Å². The van der Waals surface area contributed by atoms with Gasteiger partial charge in [-0.2, -0.15) is 0 Å². The number of carboxylic acids is 1. The number of aromatic carboxylic acids is 1. The lowest BCUT2D eigenvalue weighted by Crippen LogP contribution is -2.09. The largest absolute Gasteiger partial charge is 0.475 e. The zero-order chi connectivity index (χ0) is 13.0. The van der Waals surface area contributed by atoms with Crippen molar-refractivity contribution in [3.05, 3.63) is 29.5 Å². The highest BCUT2D eigenvalue weighted by molar-refractivity contribution is 5.84. The SMILES string of the molecule is COCCc1nnnn1Cc1ccc(C(=O)O)o1. The molecule has 8 nitrogen and oxygen atoms in total. The molecule has 2 rings (SSSR count). The Morgan fingerprint density at radius 1 is 1.56 bits per heavy atom. The van der Waals surface area contributed by atoms with Crippen LogP contribution in [0, 0.1) is 0 Å². The van der Waals surface area contributed by atoms with Crippen LogP contribution in [0.3, 0.4) is 0 Å². The van der Waals surface area contributed by atoms with Crippen molar-refractivity contribution in [2.75, 3.05) is 13.7 Å². The number of hydrogen-bond acceptors (Lipinski definition) is 6. The zero-order valence-electron chi connectivity index (χ0n) is 9.74. The highest BCUT2D eigenvalue weighted by Crippen LogP contribution is 2.09. The fourth-order valence-electron chi connectivity index (χ4n) is 1.44. The Morgan fingerprint density at radius 3 is 3.06 bits per heavy atom. The molecule has 0 fully saturated rings. The summed E-state index contributed by atoms with van der Waals surface area (Å²) in [6, 6.07) is 2.99. The van der Waals surface area contributed by atoms with Crippen LogP contribution in [-0.4, -0.2) is 45.0 Å². The maximum atomic E-state index is 10.7. The highest BCUT2D eigenvalue weighted by atomic mass is 16.5. The molecule has 0 radical (unpaired) electrons. The normalized spacial score (nSPS) is 10.7. The molecule has 0 aliphatic carbocycles. The number of ether oxygens (including phenoxy) is 1. The lowest BCUT2D eigenvalue weighted by molar-refractivity contribution is 0.0660. The maximum Gasteiger partial charge on any atom is 0.371 e. The first kappa shape index (κ1) is 12.2. The Labute approximate surface area is 102 Å². The summed E-state index contributed by atoms with van der Waals surface area (Å²) in [7, 11) is 1.60. The summed E-state index contributed by atoms with van der Waals surface area (Å²) < 4.78 is 11.6. The molecule has 0 atom stereocenters. The van der Waals surface area contributed by atoms with E-state index in [1.807, 2.05) is 0 Å². The monoisotopic (exact) mass is 252 g/mol. The Hall–Kier alpha value is -2.22. The average molecular weight is 252 g/mol. The van der Waals surface area contributed by atoms with Gasteiger partial charge < -0.3 is 14.3 Å². The third kappa shape index (κ3) is 2.72. The molecule has 1 N–H and O–H groups in total. The first-order valence-electron chi connectivity index (χ1n) is 5.26. The molecule has 0 bridgehead atoms. The van der Waals surface area contributed by atoms with E-state index in [0.717, 1.165) is 0 Å². The smallest absolute Gasteiger partial charge is 0.371 e. The van der Waals surface area contributed by atoms with E-state index in [1.54, 1.807) is 17.9 Å². The Bertz CT molecular complexity index is 533. The Balaban J connectivity index is 2.08. The van der Waals surface area contributed by atoms with Gasteiger partial charge in [-0.15, -0.1) is 5.10 Å². The lowest BCUT2D eigenvalue weighted by atomic mass is 10.4. The predicted molar refractivity (Wildman–Crippen MR) is 58.2 cm³/mol. The quantitative estimate of drug-likeness (QED) is 0.783. The number of hydrogen-bond donors (Lipinski definition) is 1. The molecule has 0 spiro atoms. The highest BCUT2D eigenvalue weighted by Gasteiger charge is 2.12. The zero-order valence-corrected chi connectivity index (χ0v) is 9.74. The lowest BCUT2D eigenvalue weighted by Gasteiger charge is -2.01. The second-order valence-electron chi connectivity index (χ2n) is 3.57. The van der Waals surface area contributed by atoms with Crippen LogP contribution in [0.15, 0.2) is 16.5 Å². The number of rotatable bonds is 6. The Kier molecular flexibility index (Phi) is 3.68. The maximum absolute atomic E-state index is 10.7. The molecule has 0 saturated carbocycles. The molecular formula is C10H12N4O4. The van der Waals surface area contributed by atoms with Crippen LogP contribution < -0.4 is 0 Å². The van der Waals surface area contributed by atoms with E-state index in [1.165, 1.54) is 6.07 Å². The molecule has 2 heterocycles. The van der Waals surface area contributed by atoms with Gasteiger partial charge in [0.25, 0.3) is 0 Å². The molecule has 18 heavy (non-hydrogen) atoms. The van der Waals surface area contributed by atoms with E-state index in [-0.39, 0.29) is 5.76 Å². The minimum absolute atomic E-state index is 0.100. The second-order valence-corrected chi connectivity index (χ2v) is 3.57. The number of methoxy groups -OCH3 is 1. The predicted octanol–water partition coefficient (Wildman–Crippen LogP) is 0.201. The van der Waals surface area contributed by atoms with Gasteiger partial charge in [0.15, 0.2) is 5.82 Å². The summed E-state index contributed by atoms with van der Waals surface area (Å²) in [6.45, 7) is 0.804. The molecule has 0 aliphatic heterocycles. The van der Waals surface area contributed by atoms with Gasteiger partial charge in [-0.3, -0.25) is 0 Å². The molecule has 2 aromatic heterocycles. The van der Waals surface area contributed by atoms with Crippen molar-refractivity contribution in [3.63, 3.8) is 0 Å². The van der Waals surface area contributed by atoms with E-state index in [2.05, 4.69) is 15.5 Å². The van der Waals surface area contributed by atoms with Crippen molar-refractivity contribution >= 4 is 5.97 Å². The van der Waals surface area contributed by atoms with Crippen LogP contribution in [0.2, 0.25) is 0 Å². The summed E-state index contributed by atoms with van der Waals surface area (Å²) in [5, 5.41) is 20.0. The van der Waals surface area contributed by atoms with Crippen LogP contribution in [0.1, 0.15) is 22.1 Å². The van der Waals surface area contributed by atoms with Gasteiger partial charge in [-0.1, -0.05) is 0 Å². The minimum atomic E-state index is -1.10. The fraction of sp³-hybridized carbons (Fsp3) is 0.400. The number of nitrogens with zero attached hydrogens (tertiary/aromatic N) is 4. The van der Waals surface area contributed by atoms with Gasteiger partial charge in [0.2, 0.25) is 5.76 Å². The number of carboxylic acid groups (broad SMARTS) is 1. The molecule has 8 heteroatoms. The van der Waals surface area contributed by atoms with Crippen molar-refractivity contribution in [1.82, 2.24) is 20.2 Å². The van der Waals surface area contributed by atoms with Crippen LogP contribution in [-0.2, 0) is 17.7 Å². The Morgan fingerprint density at radius 2 is 2.39 bits per heavy atom. The van der Waals surface area contributed by atoms with Crippen LogP contribution in [0.5, 0.6) is 0 Å².